The zero-order chi connectivity index (χ0) is 23.7. The van der Waals surface area contributed by atoms with Gasteiger partial charge in [-0.25, -0.2) is 0 Å². The number of nitrogens with zero attached hydrogens (tertiary/aromatic N) is 2. The molecule has 0 saturated heterocycles. The molecule has 0 saturated carbocycles. The number of hydrogen-bond donors (Lipinski definition) is 0. The van der Waals surface area contributed by atoms with Crippen molar-refractivity contribution in [2.45, 2.75) is 40.5 Å². The molecular formula is C28H28N2O2. The summed E-state index contributed by atoms with van der Waals surface area (Å²) in [5, 5.41) is 8.90. The lowest BCUT2D eigenvalue weighted by Gasteiger charge is -2.08. The number of nitriles is 1. The third-order valence-electron chi connectivity index (χ3n) is 5.18. The van der Waals surface area contributed by atoms with Crippen molar-refractivity contribution in [2.75, 3.05) is 0 Å². The molecule has 1 aromatic heterocycles. The summed E-state index contributed by atoms with van der Waals surface area (Å²) in [5.74, 6) is 0.522. The predicted octanol–water partition coefficient (Wildman–Crippen LogP) is 5.64. The van der Waals surface area contributed by atoms with Crippen LogP contribution in [-0.4, -0.2) is 4.98 Å². The number of aryl methyl sites for hydroxylation is 1. The van der Waals surface area contributed by atoms with Crippen LogP contribution in [0.1, 0.15) is 47.6 Å². The summed E-state index contributed by atoms with van der Waals surface area (Å²) < 4.78 is 0. The maximum absolute atomic E-state index is 10.4. The van der Waals surface area contributed by atoms with E-state index in [0.29, 0.717) is 22.6 Å². The second-order valence-corrected chi connectivity index (χ2v) is 7.91. The van der Waals surface area contributed by atoms with Gasteiger partial charge in [-0.3, -0.25) is 14.6 Å². The molecule has 4 rings (SSSR count). The van der Waals surface area contributed by atoms with Crippen LogP contribution < -0.4 is 10.9 Å². The molecule has 0 fully saturated rings. The lowest BCUT2D eigenvalue weighted by Crippen LogP contribution is -2.36. The summed E-state index contributed by atoms with van der Waals surface area (Å²) >= 11 is 0. The Hall–Kier alpha value is -3.84. The molecule has 0 aliphatic heterocycles. The molecule has 3 aromatic carbocycles. The maximum Gasteiger partial charge on any atom is 0.229 e. The van der Waals surface area contributed by atoms with E-state index in [4.69, 9.17) is 5.26 Å². The molecule has 0 amide bonds. The maximum atomic E-state index is 10.4. The summed E-state index contributed by atoms with van der Waals surface area (Å²) in [6.45, 7) is 9.75. The highest BCUT2D eigenvalue weighted by molar-refractivity contribution is 5.66. The fourth-order valence-electron chi connectivity index (χ4n) is 2.89. The first-order chi connectivity index (χ1) is 15.2. The summed E-state index contributed by atoms with van der Waals surface area (Å²) in [7, 11) is 0. The summed E-state index contributed by atoms with van der Waals surface area (Å²) in [4.78, 5) is 24.6. The number of benzene rings is 2. The first-order valence-corrected chi connectivity index (χ1v) is 10.5. The lowest BCUT2D eigenvalue weighted by molar-refractivity contribution is 0.867. The van der Waals surface area contributed by atoms with E-state index in [0.717, 1.165) is 5.56 Å². The molecule has 0 atom stereocenters. The minimum absolute atomic E-state index is 0.317. The third-order valence-corrected chi connectivity index (χ3v) is 5.18. The summed E-state index contributed by atoms with van der Waals surface area (Å²) in [5.41, 5.74) is 6.17. The molecule has 0 aliphatic rings. The van der Waals surface area contributed by atoms with Gasteiger partial charge in [0.1, 0.15) is 0 Å². The fraction of sp³-hybridized carbons (Fsp3) is 0.214. The monoisotopic (exact) mass is 424 g/mol. The molecule has 4 heteroatoms. The largest absolute Gasteiger partial charge is 0.285 e. The van der Waals surface area contributed by atoms with Crippen molar-refractivity contribution in [3.63, 3.8) is 0 Å². The van der Waals surface area contributed by atoms with E-state index >= 15 is 0 Å². The molecule has 0 unspecified atom stereocenters. The number of aromatic nitrogens is 1. The molecule has 4 nitrogen and oxygen atoms in total. The van der Waals surface area contributed by atoms with Crippen molar-refractivity contribution in [3.8, 4) is 17.2 Å². The second-order valence-electron chi connectivity index (χ2n) is 7.91. The molecule has 1 heterocycles. The molecule has 32 heavy (non-hydrogen) atoms. The first-order valence-electron chi connectivity index (χ1n) is 10.5. The highest BCUT2D eigenvalue weighted by Gasteiger charge is 2.10. The highest BCUT2D eigenvalue weighted by atomic mass is 16.2. The van der Waals surface area contributed by atoms with Gasteiger partial charge in [-0.15, -0.1) is 0 Å². The average Bonchev–Trinajstić information content (AvgIpc) is 2.84. The first kappa shape index (κ1) is 24.4. The molecule has 0 bridgehead atoms. The van der Waals surface area contributed by atoms with E-state index in [1.165, 1.54) is 16.7 Å². The van der Waals surface area contributed by atoms with Crippen LogP contribution in [0.15, 0.2) is 82.6 Å². The van der Waals surface area contributed by atoms with Gasteiger partial charge in [0.2, 0.25) is 10.9 Å². The van der Waals surface area contributed by atoms with Gasteiger partial charge < -0.3 is 0 Å². The normalized spacial score (nSPS) is 9.91. The Morgan fingerprint density at radius 3 is 1.75 bits per heavy atom. The van der Waals surface area contributed by atoms with Gasteiger partial charge >= 0.3 is 0 Å². The quantitative estimate of drug-likeness (QED) is 0.391. The molecule has 4 aromatic rings. The van der Waals surface area contributed by atoms with Crippen molar-refractivity contribution in [1.82, 2.24) is 4.98 Å². The van der Waals surface area contributed by atoms with Crippen LogP contribution >= 0.6 is 0 Å². The van der Waals surface area contributed by atoms with E-state index < -0.39 is 0 Å². The second kappa shape index (κ2) is 11.5. The van der Waals surface area contributed by atoms with Crippen LogP contribution in [0, 0.1) is 32.1 Å². The Bertz CT molecular complexity index is 1250. The standard InChI is InChI=1S/C16H15N.C6H7N.C6H6O2/c1-12(2)14-6-4-8-16(10-14)15-7-3-5-13(9-15)11-17;1-6-2-4-7-5-3-6;1-3-4(2)6(8)5(3)7/h3-10,12H,1-2H3;2-5H,1H3;1-2H3. The molecule has 162 valence electrons. The lowest BCUT2D eigenvalue weighted by atomic mass is 9.97. The van der Waals surface area contributed by atoms with Gasteiger partial charge in [0.25, 0.3) is 0 Å². The molecule has 0 spiro atoms. The molecule has 0 aliphatic carbocycles. The van der Waals surface area contributed by atoms with Crippen molar-refractivity contribution in [2.24, 2.45) is 0 Å². The van der Waals surface area contributed by atoms with Crippen LogP contribution in [0.3, 0.4) is 0 Å². The minimum Gasteiger partial charge on any atom is -0.285 e. The number of rotatable bonds is 2. The number of pyridine rings is 1. The summed E-state index contributed by atoms with van der Waals surface area (Å²) in [6, 6.07) is 22.3. The van der Waals surface area contributed by atoms with Gasteiger partial charge in [0.15, 0.2) is 0 Å². The zero-order valence-corrected chi connectivity index (χ0v) is 19.2. The number of hydrogen-bond acceptors (Lipinski definition) is 4. The molecular weight excluding hydrogens is 396 g/mol. The predicted molar refractivity (Wildman–Crippen MR) is 130 cm³/mol. The van der Waals surface area contributed by atoms with Gasteiger partial charge in [-0.1, -0.05) is 50.2 Å². The Kier molecular flexibility index (Phi) is 8.80. The van der Waals surface area contributed by atoms with Gasteiger partial charge in [0.05, 0.1) is 11.6 Å². The summed E-state index contributed by atoms with van der Waals surface area (Å²) in [6.07, 6.45) is 3.57. The average molecular weight is 425 g/mol. The highest BCUT2D eigenvalue weighted by Crippen LogP contribution is 2.24. The fourth-order valence-corrected chi connectivity index (χ4v) is 2.89. The Labute approximate surface area is 189 Å². The third kappa shape index (κ3) is 6.58. The van der Waals surface area contributed by atoms with E-state index in [1.807, 2.05) is 43.3 Å². The van der Waals surface area contributed by atoms with Crippen LogP contribution in [0.4, 0.5) is 0 Å². The van der Waals surface area contributed by atoms with Crippen LogP contribution in [0.5, 0.6) is 0 Å². The van der Waals surface area contributed by atoms with Gasteiger partial charge in [-0.05, 0) is 73.2 Å². The van der Waals surface area contributed by atoms with Crippen LogP contribution in [-0.2, 0) is 0 Å². The Morgan fingerprint density at radius 1 is 0.781 bits per heavy atom. The van der Waals surface area contributed by atoms with Gasteiger partial charge in [-0.2, -0.15) is 5.26 Å². The Morgan fingerprint density at radius 2 is 1.31 bits per heavy atom. The smallest absolute Gasteiger partial charge is 0.229 e. The topological polar surface area (TPSA) is 70.8 Å². The van der Waals surface area contributed by atoms with Crippen molar-refractivity contribution in [1.29, 1.82) is 5.26 Å². The Balaban J connectivity index is 0.000000199. The van der Waals surface area contributed by atoms with Crippen molar-refractivity contribution in [3.05, 3.63) is 121 Å². The minimum atomic E-state index is -0.317. The van der Waals surface area contributed by atoms with E-state index in [2.05, 4.69) is 49.2 Å². The van der Waals surface area contributed by atoms with E-state index in [9.17, 15) is 9.59 Å². The van der Waals surface area contributed by atoms with E-state index in [1.54, 1.807) is 26.2 Å². The van der Waals surface area contributed by atoms with Gasteiger partial charge in [0, 0.05) is 23.5 Å². The van der Waals surface area contributed by atoms with Crippen molar-refractivity contribution >= 4 is 0 Å². The van der Waals surface area contributed by atoms with Crippen LogP contribution in [0.2, 0.25) is 0 Å². The zero-order valence-electron chi connectivity index (χ0n) is 19.2. The van der Waals surface area contributed by atoms with Crippen LogP contribution in [0.25, 0.3) is 11.1 Å². The molecule has 0 radical (unpaired) electrons. The SMILES string of the molecule is CC(C)c1cccc(-c2cccc(C#N)c2)c1.Cc1c(C)c(=O)c1=O.Cc1ccncc1. The van der Waals surface area contributed by atoms with E-state index in [-0.39, 0.29) is 10.9 Å². The van der Waals surface area contributed by atoms with Crippen molar-refractivity contribution < 1.29 is 0 Å². The molecule has 0 N–H and O–H groups in total.